The molecule has 0 saturated carbocycles. The molecule has 6 nitrogen and oxygen atoms in total. The summed E-state index contributed by atoms with van der Waals surface area (Å²) >= 11 is 0. The average molecular weight is 347 g/mol. The van der Waals surface area contributed by atoms with Gasteiger partial charge in [-0.15, -0.1) is 0 Å². The van der Waals surface area contributed by atoms with Crippen molar-refractivity contribution in [3.8, 4) is 0 Å². The Kier molecular flexibility index (Phi) is 6.67. The van der Waals surface area contributed by atoms with Crippen LogP contribution in [0.25, 0.3) is 0 Å². The SMILES string of the molecule is CC(C)(C)OC(=O)NCCC(=O)NCc1ccc(N2CCCC2)cc1. The molecule has 0 radical (unpaired) electrons. The Morgan fingerprint density at radius 3 is 2.32 bits per heavy atom. The van der Waals surface area contributed by atoms with E-state index < -0.39 is 11.7 Å². The molecule has 1 saturated heterocycles. The van der Waals surface area contributed by atoms with Gasteiger partial charge in [-0.2, -0.15) is 0 Å². The molecule has 0 spiro atoms. The van der Waals surface area contributed by atoms with E-state index in [2.05, 4.69) is 27.7 Å². The van der Waals surface area contributed by atoms with Crippen LogP contribution in [0.5, 0.6) is 0 Å². The number of nitrogens with zero attached hydrogens (tertiary/aromatic N) is 1. The summed E-state index contributed by atoms with van der Waals surface area (Å²) in [7, 11) is 0. The molecule has 0 aliphatic carbocycles. The van der Waals surface area contributed by atoms with Crippen LogP contribution in [0.3, 0.4) is 0 Å². The van der Waals surface area contributed by atoms with E-state index >= 15 is 0 Å². The lowest BCUT2D eigenvalue weighted by Gasteiger charge is -2.19. The van der Waals surface area contributed by atoms with E-state index in [1.807, 2.05) is 12.1 Å². The quantitative estimate of drug-likeness (QED) is 0.830. The summed E-state index contributed by atoms with van der Waals surface area (Å²) in [5.41, 5.74) is 1.78. The molecule has 25 heavy (non-hydrogen) atoms. The number of hydrogen-bond acceptors (Lipinski definition) is 4. The first-order valence-electron chi connectivity index (χ1n) is 8.91. The smallest absolute Gasteiger partial charge is 0.407 e. The third kappa shape index (κ3) is 7.03. The first-order chi connectivity index (χ1) is 11.8. The van der Waals surface area contributed by atoms with Gasteiger partial charge >= 0.3 is 6.09 Å². The van der Waals surface area contributed by atoms with Gasteiger partial charge in [-0.1, -0.05) is 12.1 Å². The molecule has 1 aromatic rings. The normalized spacial score (nSPS) is 14.3. The second-order valence-electron chi connectivity index (χ2n) is 7.32. The van der Waals surface area contributed by atoms with Gasteiger partial charge in [0.1, 0.15) is 5.60 Å². The van der Waals surface area contributed by atoms with Crippen molar-refractivity contribution in [3.05, 3.63) is 29.8 Å². The number of carbonyl (C=O) groups excluding carboxylic acids is 2. The molecule has 1 heterocycles. The number of carbonyl (C=O) groups is 2. The number of rotatable bonds is 6. The maximum absolute atomic E-state index is 11.8. The van der Waals surface area contributed by atoms with Gasteiger partial charge in [0.15, 0.2) is 0 Å². The van der Waals surface area contributed by atoms with Crippen molar-refractivity contribution in [1.29, 1.82) is 0 Å². The molecule has 0 bridgehead atoms. The Hall–Kier alpha value is -2.24. The van der Waals surface area contributed by atoms with Crippen LogP contribution in [0, 0.1) is 0 Å². The summed E-state index contributed by atoms with van der Waals surface area (Å²) in [5, 5.41) is 5.44. The minimum Gasteiger partial charge on any atom is -0.444 e. The largest absolute Gasteiger partial charge is 0.444 e. The molecule has 2 amide bonds. The van der Waals surface area contributed by atoms with Crippen LogP contribution >= 0.6 is 0 Å². The lowest BCUT2D eigenvalue weighted by atomic mass is 10.2. The minimum atomic E-state index is -0.534. The molecular formula is C19H29N3O3. The van der Waals surface area contributed by atoms with Crippen LogP contribution < -0.4 is 15.5 Å². The first-order valence-corrected chi connectivity index (χ1v) is 8.91. The zero-order valence-electron chi connectivity index (χ0n) is 15.4. The number of anilines is 1. The summed E-state index contributed by atoms with van der Waals surface area (Å²) in [6.07, 6.45) is 2.24. The Labute approximate surface area is 149 Å². The van der Waals surface area contributed by atoms with Crippen LogP contribution in [-0.4, -0.2) is 37.2 Å². The molecule has 1 fully saturated rings. The fraction of sp³-hybridized carbons (Fsp3) is 0.579. The van der Waals surface area contributed by atoms with E-state index in [1.165, 1.54) is 18.5 Å². The Bertz CT molecular complexity index is 573. The minimum absolute atomic E-state index is 0.0975. The van der Waals surface area contributed by atoms with Crippen molar-refractivity contribution in [3.63, 3.8) is 0 Å². The van der Waals surface area contributed by atoms with Gasteiger partial charge in [0.05, 0.1) is 0 Å². The van der Waals surface area contributed by atoms with Gasteiger partial charge in [-0.25, -0.2) is 4.79 Å². The molecule has 0 unspecified atom stereocenters. The molecule has 0 aromatic heterocycles. The van der Waals surface area contributed by atoms with Gasteiger partial charge in [0.2, 0.25) is 5.91 Å². The van der Waals surface area contributed by atoms with Gasteiger partial charge in [-0.05, 0) is 51.3 Å². The van der Waals surface area contributed by atoms with Crippen molar-refractivity contribution >= 4 is 17.7 Å². The number of alkyl carbamates (subject to hydrolysis) is 1. The Morgan fingerprint density at radius 1 is 1.08 bits per heavy atom. The summed E-state index contributed by atoms with van der Waals surface area (Å²) in [5.74, 6) is -0.0975. The zero-order chi connectivity index (χ0) is 18.3. The monoisotopic (exact) mass is 347 g/mol. The molecule has 2 rings (SSSR count). The van der Waals surface area contributed by atoms with Crippen LogP contribution in [0.4, 0.5) is 10.5 Å². The Morgan fingerprint density at radius 2 is 1.72 bits per heavy atom. The van der Waals surface area contributed by atoms with Crippen molar-refractivity contribution in [2.45, 2.75) is 52.2 Å². The van der Waals surface area contributed by atoms with Gasteiger partial charge in [0, 0.05) is 38.3 Å². The van der Waals surface area contributed by atoms with Crippen molar-refractivity contribution in [2.75, 3.05) is 24.5 Å². The maximum atomic E-state index is 11.8. The van der Waals surface area contributed by atoms with E-state index in [-0.39, 0.29) is 18.9 Å². The molecule has 138 valence electrons. The molecule has 1 aliphatic rings. The highest BCUT2D eigenvalue weighted by Gasteiger charge is 2.16. The van der Waals surface area contributed by atoms with E-state index in [0.717, 1.165) is 18.7 Å². The third-order valence-corrected chi connectivity index (χ3v) is 3.92. The van der Waals surface area contributed by atoms with Gasteiger partial charge < -0.3 is 20.3 Å². The summed E-state index contributed by atoms with van der Waals surface area (Å²) in [6.45, 7) is 8.40. The first kappa shape index (κ1) is 19.1. The molecule has 1 aliphatic heterocycles. The van der Waals surface area contributed by atoms with E-state index in [4.69, 9.17) is 4.74 Å². The van der Waals surface area contributed by atoms with Gasteiger partial charge in [0.25, 0.3) is 0 Å². The average Bonchev–Trinajstić information content (AvgIpc) is 3.06. The second kappa shape index (κ2) is 8.74. The number of ether oxygens (including phenoxy) is 1. The maximum Gasteiger partial charge on any atom is 0.407 e. The summed E-state index contributed by atoms with van der Waals surface area (Å²) in [4.78, 5) is 25.7. The van der Waals surface area contributed by atoms with Gasteiger partial charge in [-0.3, -0.25) is 4.79 Å². The molecule has 6 heteroatoms. The summed E-state index contributed by atoms with van der Waals surface area (Å²) in [6, 6.07) is 8.31. The van der Waals surface area contributed by atoms with E-state index in [0.29, 0.717) is 6.54 Å². The number of nitrogens with one attached hydrogen (secondary N) is 2. The van der Waals surface area contributed by atoms with Crippen LogP contribution in [0.15, 0.2) is 24.3 Å². The number of hydrogen-bond donors (Lipinski definition) is 2. The number of benzene rings is 1. The molecule has 2 N–H and O–H groups in total. The van der Waals surface area contributed by atoms with E-state index in [1.54, 1.807) is 20.8 Å². The van der Waals surface area contributed by atoms with Crippen LogP contribution in [-0.2, 0) is 16.1 Å². The van der Waals surface area contributed by atoms with Crippen LogP contribution in [0.2, 0.25) is 0 Å². The molecular weight excluding hydrogens is 318 g/mol. The van der Waals surface area contributed by atoms with E-state index in [9.17, 15) is 9.59 Å². The van der Waals surface area contributed by atoms with Crippen LogP contribution in [0.1, 0.15) is 45.6 Å². The molecule has 0 atom stereocenters. The highest BCUT2D eigenvalue weighted by molar-refractivity contribution is 5.77. The highest BCUT2D eigenvalue weighted by Crippen LogP contribution is 2.20. The fourth-order valence-corrected chi connectivity index (χ4v) is 2.68. The van der Waals surface area contributed by atoms with Crippen molar-refractivity contribution in [1.82, 2.24) is 10.6 Å². The predicted octanol–water partition coefficient (Wildman–Crippen LogP) is 2.82. The Balaban J connectivity index is 1.65. The fourth-order valence-electron chi connectivity index (χ4n) is 2.68. The summed E-state index contributed by atoms with van der Waals surface area (Å²) < 4.78 is 5.12. The third-order valence-electron chi connectivity index (χ3n) is 3.92. The topological polar surface area (TPSA) is 70.7 Å². The lowest BCUT2D eigenvalue weighted by molar-refractivity contribution is -0.121. The van der Waals surface area contributed by atoms with Crippen molar-refractivity contribution in [2.24, 2.45) is 0 Å². The lowest BCUT2D eigenvalue weighted by Crippen LogP contribution is -2.35. The standard InChI is InChI=1S/C19H29N3O3/c1-19(2,3)25-18(24)20-11-10-17(23)21-14-15-6-8-16(9-7-15)22-12-4-5-13-22/h6-9H,4-5,10-14H2,1-3H3,(H,20,24)(H,21,23). The predicted molar refractivity (Wildman–Crippen MR) is 98.6 cm³/mol. The zero-order valence-corrected chi connectivity index (χ0v) is 15.4. The van der Waals surface area contributed by atoms with Crippen molar-refractivity contribution < 1.29 is 14.3 Å². The second-order valence-corrected chi connectivity index (χ2v) is 7.32. The molecule has 1 aromatic carbocycles. The highest BCUT2D eigenvalue weighted by atomic mass is 16.6. The number of amides is 2.